The molecule has 0 N–H and O–H groups in total. The highest BCUT2D eigenvalue weighted by atomic mass is 16.5. The molecule has 2 aromatic rings. The molecule has 8 nitrogen and oxygen atoms in total. The number of carbonyl (C=O) groups excluding carboxylic acids is 1. The van der Waals surface area contributed by atoms with Gasteiger partial charge in [0, 0.05) is 33.4 Å². The summed E-state index contributed by atoms with van der Waals surface area (Å²) in [7, 11) is 3.85. The Hall–Kier alpha value is -2.48. The predicted octanol–water partition coefficient (Wildman–Crippen LogP) is 0.725. The number of hydrogen-bond donors (Lipinski definition) is 0. The first-order valence-electron chi connectivity index (χ1n) is 8.07. The fraction of sp³-hybridized carbons (Fsp3) is 0.500. The quantitative estimate of drug-likeness (QED) is 0.809. The largest absolute Gasteiger partial charge is 0.370 e. The zero-order valence-corrected chi connectivity index (χ0v) is 13.8. The lowest BCUT2D eigenvalue weighted by molar-refractivity contribution is -0.0605. The van der Waals surface area contributed by atoms with Gasteiger partial charge in [-0.2, -0.15) is 0 Å². The van der Waals surface area contributed by atoms with E-state index < -0.39 is 0 Å². The van der Waals surface area contributed by atoms with Crippen LogP contribution in [0.4, 0.5) is 5.82 Å². The van der Waals surface area contributed by atoms with Crippen LogP contribution in [0.25, 0.3) is 0 Å². The maximum absolute atomic E-state index is 12.8. The summed E-state index contributed by atoms with van der Waals surface area (Å²) in [4.78, 5) is 20.9. The van der Waals surface area contributed by atoms with Gasteiger partial charge in [-0.15, -0.1) is 5.10 Å². The molecule has 2 aliphatic rings. The minimum absolute atomic E-state index is 0.00139. The first-order valence-corrected chi connectivity index (χ1v) is 8.07. The van der Waals surface area contributed by atoms with E-state index in [2.05, 4.69) is 15.3 Å². The van der Waals surface area contributed by atoms with Crippen molar-refractivity contribution in [1.29, 1.82) is 0 Å². The first kappa shape index (κ1) is 15.1. The van der Waals surface area contributed by atoms with Crippen molar-refractivity contribution in [2.45, 2.75) is 25.2 Å². The fourth-order valence-corrected chi connectivity index (χ4v) is 3.32. The van der Waals surface area contributed by atoms with Gasteiger partial charge in [-0.3, -0.25) is 4.79 Å². The van der Waals surface area contributed by atoms with E-state index in [4.69, 9.17) is 4.74 Å². The van der Waals surface area contributed by atoms with Crippen LogP contribution in [0.5, 0.6) is 0 Å². The van der Waals surface area contributed by atoms with E-state index >= 15 is 0 Å². The predicted molar refractivity (Wildman–Crippen MR) is 86.7 cm³/mol. The summed E-state index contributed by atoms with van der Waals surface area (Å²) in [6.07, 6.45) is 4.26. The van der Waals surface area contributed by atoms with E-state index in [-0.39, 0.29) is 18.1 Å². The number of nitrogens with zero attached hydrogens (tertiary/aromatic N) is 6. The molecular weight excluding hydrogens is 308 g/mol. The maximum atomic E-state index is 12.8. The van der Waals surface area contributed by atoms with E-state index in [9.17, 15) is 4.79 Å². The summed E-state index contributed by atoms with van der Waals surface area (Å²) < 4.78 is 7.79. The Morgan fingerprint density at radius 2 is 2.21 bits per heavy atom. The first-order chi connectivity index (χ1) is 11.6. The third-order valence-corrected chi connectivity index (χ3v) is 4.67. The molecule has 0 aromatic carbocycles. The lowest BCUT2D eigenvalue weighted by atomic mass is 10.00. The van der Waals surface area contributed by atoms with Gasteiger partial charge in [0.1, 0.15) is 5.82 Å². The average molecular weight is 328 g/mol. The van der Waals surface area contributed by atoms with Gasteiger partial charge in [0.2, 0.25) is 0 Å². The number of aromatic nitrogens is 4. The van der Waals surface area contributed by atoms with Crippen LogP contribution in [-0.2, 0) is 11.3 Å². The van der Waals surface area contributed by atoms with Crippen LogP contribution in [0.1, 0.15) is 28.5 Å². The lowest BCUT2D eigenvalue weighted by Crippen LogP contribution is -2.49. The molecule has 8 heteroatoms. The summed E-state index contributed by atoms with van der Waals surface area (Å²) in [5.41, 5.74) is 1.57. The zero-order valence-electron chi connectivity index (χ0n) is 13.8. The molecule has 1 saturated heterocycles. The van der Waals surface area contributed by atoms with Crippen LogP contribution in [0, 0.1) is 0 Å². The van der Waals surface area contributed by atoms with Crippen molar-refractivity contribution < 1.29 is 9.53 Å². The molecule has 4 heterocycles. The van der Waals surface area contributed by atoms with Crippen molar-refractivity contribution >= 4 is 11.7 Å². The van der Waals surface area contributed by atoms with Crippen LogP contribution < -0.4 is 4.90 Å². The van der Waals surface area contributed by atoms with Crippen molar-refractivity contribution in [3.05, 3.63) is 35.8 Å². The number of hydrogen-bond acceptors (Lipinski definition) is 6. The van der Waals surface area contributed by atoms with Crippen LogP contribution in [0.15, 0.2) is 24.5 Å². The van der Waals surface area contributed by atoms with Gasteiger partial charge in [-0.25, -0.2) is 9.67 Å². The van der Waals surface area contributed by atoms with Crippen molar-refractivity contribution in [2.24, 2.45) is 0 Å². The minimum Gasteiger partial charge on any atom is -0.370 e. The van der Waals surface area contributed by atoms with E-state index in [1.54, 1.807) is 12.4 Å². The molecule has 0 unspecified atom stereocenters. The molecule has 2 atom stereocenters. The average Bonchev–Trinajstić information content (AvgIpc) is 3.10. The Bertz CT molecular complexity index is 741. The molecule has 2 aromatic heterocycles. The van der Waals surface area contributed by atoms with Gasteiger partial charge in [-0.05, 0) is 18.6 Å². The molecule has 24 heavy (non-hydrogen) atoms. The molecule has 0 aliphatic carbocycles. The van der Waals surface area contributed by atoms with Crippen molar-refractivity contribution in [2.75, 3.05) is 32.1 Å². The normalized spacial score (nSPS) is 22.7. The van der Waals surface area contributed by atoms with Crippen molar-refractivity contribution in [1.82, 2.24) is 24.9 Å². The third kappa shape index (κ3) is 2.52. The highest BCUT2D eigenvalue weighted by Gasteiger charge is 2.38. The van der Waals surface area contributed by atoms with E-state index in [0.29, 0.717) is 25.3 Å². The summed E-state index contributed by atoms with van der Waals surface area (Å²) >= 11 is 0. The maximum Gasteiger partial charge on any atom is 0.255 e. The number of pyridine rings is 1. The Morgan fingerprint density at radius 3 is 2.96 bits per heavy atom. The number of anilines is 1. The van der Waals surface area contributed by atoms with Gasteiger partial charge in [0.05, 0.1) is 36.2 Å². The topological polar surface area (TPSA) is 76.4 Å². The Balaban J connectivity index is 1.52. The van der Waals surface area contributed by atoms with E-state index in [0.717, 1.165) is 17.9 Å². The van der Waals surface area contributed by atoms with Gasteiger partial charge < -0.3 is 14.5 Å². The van der Waals surface area contributed by atoms with Crippen molar-refractivity contribution in [3.8, 4) is 0 Å². The van der Waals surface area contributed by atoms with Crippen LogP contribution in [-0.4, -0.2) is 64.1 Å². The highest BCUT2D eigenvalue weighted by Crippen LogP contribution is 2.30. The Labute approximate surface area is 140 Å². The number of ether oxygens (including phenoxy) is 1. The van der Waals surface area contributed by atoms with Gasteiger partial charge in [-0.1, -0.05) is 5.21 Å². The molecule has 1 fully saturated rings. The lowest BCUT2D eigenvalue weighted by Gasteiger charge is -2.41. The van der Waals surface area contributed by atoms with Crippen LogP contribution in [0.2, 0.25) is 0 Å². The second-order valence-corrected chi connectivity index (χ2v) is 6.43. The Morgan fingerprint density at radius 1 is 1.33 bits per heavy atom. The van der Waals surface area contributed by atoms with Crippen LogP contribution >= 0.6 is 0 Å². The second-order valence-electron chi connectivity index (χ2n) is 6.43. The molecule has 0 radical (unpaired) electrons. The third-order valence-electron chi connectivity index (χ3n) is 4.67. The molecule has 4 rings (SSSR count). The smallest absolute Gasteiger partial charge is 0.255 e. The molecule has 126 valence electrons. The molecule has 1 amide bonds. The summed E-state index contributed by atoms with van der Waals surface area (Å²) in [6.45, 7) is 1.80. The SMILES string of the molecule is CN(C)c1ccc(C(=O)N2CC[C@H]3OCc4cnnn4[C@H]3C2)cn1. The van der Waals surface area contributed by atoms with Crippen LogP contribution in [0.3, 0.4) is 0 Å². The summed E-state index contributed by atoms with van der Waals surface area (Å²) in [5, 5.41) is 8.13. The molecular formula is C16H20N6O2. The monoisotopic (exact) mass is 328 g/mol. The van der Waals surface area contributed by atoms with Gasteiger partial charge >= 0.3 is 0 Å². The zero-order chi connectivity index (χ0) is 16.7. The van der Waals surface area contributed by atoms with E-state index in [1.165, 1.54) is 0 Å². The second kappa shape index (κ2) is 5.86. The van der Waals surface area contributed by atoms with E-state index in [1.807, 2.05) is 40.7 Å². The number of fused-ring (bicyclic) bond motifs is 3. The molecule has 0 bridgehead atoms. The van der Waals surface area contributed by atoms with Crippen molar-refractivity contribution in [3.63, 3.8) is 0 Å². The van der Waals surface area contributed by atoms with Gasteiger partial charge in [0.25, 0.3) is 5.91 Å². The molecule has 0 saturated carbocycles. The minimum atomic E-state index is -0.00139. The van der Waals surface area contributed by atoms with Gasteiger partial charge in [0.15, 0.2) is 0 Å². The summed E-state index contributed by atoms with van der Waals surface area (Å²) in [5.74, 6) is 0.830. The number of likely N-dealkylation sites (tertiary alicyclic amines) is 1. The number of piperidine rings is 1. The highest BCUT2D eigenvalue weighted by molar-refractivity contribution is 5.94. The fourth-order valence-electron chi connectivity index (χ4n) is 3.32. The standard InChI is InChI=1S/C16H20N6O2/c1-20(2)15-4-3-11(7-17-15)16(23)21-6-5-14-13(9-21)22-12(10-24-14)8-18-19-22/h3-4,7-8,13-14H,5-6,9-10H2,1-2H3/t13-,14+/m0/s1. The number of amides is 1. The Kier molecular flexibility index (Phi) is 3.68. The number of carbonyl (C=O) groups is 1. The molecule has 0 spiro atoms. The summed E-state index contributed by atoms with van der Waals surface area (Å²) in [6, 6.07) is 3.72. The molecule has 2 aliphatic heterocycles. The number of rotatable bonds is 2.